The number of carbonyl (C=O) groups is 1. The van der Waals surface area contributed by atoms with Crippen LogP contribution in [0.1, 0.15) is 30.5 Å². The molecule has 3 rings (SSSR count). The van der Waals surface area contributed by atoms with Gasteiger partial charge in [-0.1, -0.05) is 30.2 Å². The lowest BCUT2D eigenvalue weighted by Gasteiger charge is -2.26. The summed E-state index contributed by atoms with van der Waals surface area (Å²) in [6, 6.07) is 8.08. The van der Waals surface area contributed by atoms with Gasteiger partial charge in [0.05, 0.1) is 16.9 Å². The molecule has 0 saturated carbocycles. The first-order valence-corrected chi connectivity index (χ1v) is 8.78. The lowest BCUT2D eigenvalue weighted by atomic mass is 10.1. The van der Waals surface area contributed by atoms with Gasteiger partial charge in [0.25, 0.3) is 0 Å². The zero-order valence-electron chi connectivity index (χ0n) is 14.0. The van der Waals surface area contributed by atoms with Crippen molar-refractivity contribution in [2.75, 3.05) is 18.4 Å². The summed E-state index contributed by atoms with van der Waals surface area (Å²) in [6.07, 6.45) is 5.50. The number of rotatable bonds is 5. The average molecular weight is 347 g/mol. The quantitative estimate of drug-likeness (QED) is 0.901. The van der Waals surface area contributed by atoms with E-state index in [1.165, 1.54) is 37.9 Å². The molecule has 2 heterocycles. The minimum atomic E-state index is -0.110. The Labute approximate surface area is 147 Å². The molecule has 1 saturated heterocycles. The molecule has 1 aromatic carbocycles. The first-order chi connectivity index (χ1) is 11.6. The van der Waals surface area contributed by atoms with Crippen molar-refractivity contribution >= 4 is 23.2 Å². The second-order valence-electron chi connectivity index (χ2n) is 6.32. The van der Waals surface area contributed by atoms with E-state index < -0.39 is 0 Å². The average Bonchev–Trinajstić information content (AvgIpc) is 2.90. The molecule has 2 aromatic rings. The van der Waals surface area contributed by atoms with E-state index in [0.29, 0.717) is 5.02 Å². The summed E-state index contributed by atoms with van der Waals surface area (Å²) in [7, 11) is 0. The van der Waals surface area contributed by atoms with Crippen LogP contribution in [-0.2, 0) is 17.9 Å². The molecule has 24 heavy (non-hydrogen) atoms. The van der Waals surface area contributed by atoms with Crippen molar-refractivity contribution in [1.82, 2.24) is 14.7 Å². The number of hydrogen-bond donors (Lipinski definition) is 1. The van der Waals surface area contributed by atoms with Gasteiger partial charge in [-0.15, -0.1) is 0 Å². The van der Waals surface area contributed by atoms with E-state index in [1.807, 2.05) is 19.1 Å². The summed E-state index contributed by atoms with van der Waals surface area (Å²) in [6.45, 7) is 5.36. The predicted octanol–water partition coefficient (Wildman–Crippen LogP) is 3.47. The molecule has 1 aliphatic rings. The minimum absolute atomic E-state index is 0.110. The normalized spacial score (nSPS) is 15.4. The Morgan fingerprint density at radius 2 is 1.92 bits per heavy atom. The molecule has 0 radical (unpaired) electrons. The summed E-state index contributed by atoms with van der Waals surface area (Å²) < 4.78 is 1.60. The van der Waals surface area contributed by atoms with Crippen molar-refractivity contribution < 1.29 is 4.79 Å². The molecule has 0 unspecified atom stereocenters. The van der Waals surface area contributed by atoms with Gasteiger partial charge in [0.2, 0.25) is 5.91 Å². The van der Waals surface area contributed by atoms with E-state index in [0.717, 1.165) is 17.9 Å². The SMILES string of the molecule is Cc1c(Cl)cnn1CC(=O)Nc1ccc(CN2CCCCC2)cc1. The molecule has 1 aromatic heterocycles. The maximum absolute atomic E-state index is 12.1. The summed E-state index contributed by atoms with van der Waals surface area (Å²) in [4.78, 5) is 14.6. The standard InChI is InChI=1S/C18H23ClN4O/c1-14-17(19)11-20-23(14)13-18(24)21-16-7-5-15(6-8-16)12-22-9-3-2-4-10-22/h5-8,11H,2-4,9-10,12-13H2,1H3,(H,21,24). The van der Waals surface area contributed by atoms with Gasteiger partial charge in [0, 0.05) is 12.2 Å². The Kier molecular flexibility index (Phi) is 5.53. The van der Waals surface area contributed by atoms with Crippen molar-refractivity contribution in [3.8, 4) is 0 Å². The Morgan fingerprint density at radius 1 is 1.21 bits per heavy atom. The van der Waals surface area contributed by atoms with Crippen molar-refractivity contribution in [2.45, 2.75) is 39.3 Å². The van der Waals surface area contributed by atoms with Crippen LogP contribution < -0.4 is 5.32 Å². The minimum Gasteiger partial charge on any atom is -0.324 e. The van der Waals surface area contributed by atoms with E-state index in [1.54, 1.807) is 10.9 Å². The van der Waals surface area contributed by atoms with Crippen LogP contribution in [0.25, 0.3) is 0 Å². The number of likely N-dealkylation sites (tertiary alicyclic amines) is 1. The monoisotopic (exact) mass is 346 g/mol. The summed E-state index contributed by atoms with van der Waals surface area (Å²) in [5.74, 6) is -0.110. The Balaban J connectivity index is 1.53. The number of anilines is 1. The summed E-state index contributed by atoms with van der Waals surface area (Å²) >= 11 is 5.95. The van der Waals surface area contributed by atoms with Crippen LogP contribution in [0.4, 0.5) is 5.69 Å². The third-order valence-electron chi connectivity index (χ3n) is 4.43. The van der Waals surface area contributed by atoms with E-state index in [2.05, 4.69) is 27.4 Å². The molecule has 6 heteroatoms. The van der Waals surface area contributed by atoms with Crippen LogP contribution in [0.2, 0.25) is 5.02 Å². The zero-order chi connectivity index (χ0) is 16.9. The van der Waals surface area contributed by atoms with Gasteiger partial charge in [-0.25, -0.2) is 0 Å². The molecule has 1 aliphatic heterocycles. The molecule has 5 nitrogen and oxygen atoms in total. The zero-order valence-corrected chi connectivity index (χ0v) is 14.7. The van der Waals surface area contributed by atoms with Gasteiger partial charge in [-0.2, -0.15) is 5.10 Å². The fraction of sp³-hybridized carbons (Fsp3) is 0.444. The van der Waals surface area contributed by atoms with Crippen LogP contribution in [0.5, 0.6) is 0 Å². The smallest absolute Gasteiger partial charge is 0.246 e. The van der Waals surface area contributed by atoms with Crippen molar-refractivity contribution in [1.29, 1.82) is 0 Å². The Hall–Kier alpha value is -1.85. The maximum Gasteiger partial charge on any atom is 0.246 e. The topological polar surface area (TPSA) is 50.2 Å². The summed E-state index contributed by atoms with van der Waals surface area (Å²) in [5, 5.41) is 7.57. The molecular formula is C18H23ClN4O. The number of amides is 1. The number of aromatic nitrogens is 2. The van der Waals surface area contributed by atoms with E-state index in [4.69, 9.17) is 11.6 Å². The third-order valence-corrected chi connectivity index (χ3v) is 4.80. The molecule has 1 fully saturated rings. The van der Waals surface area contributed by atoms with Gasteiger partial charge < -0.3 is 5.32 Å². The molecular weight excluding hydrogens is 324 g/mol. The molecule has 1 N–H and O–H groups in total. The van der Waals surface area contributed by atoms with Crippen LogP contribution in [-0.4, -0.2) is 33.7 Å². The van der Waals surface area contributed by atoms with E-state index >= 15 is 0 Å². The molecule has 1 amide bonds. The first-order valence-electron chi connectivity index (χ1n) is 8.41. The summed E-state index contributed by atoms with van der Waals surface area (Å²) in [5.41, 5.74) is 2.88. The molecule has 0 bridgehead atoms. The van der Waals surface area contributed by atoms with Gasteiger partial charge in [-0.3, -0.25) is 14.4 Å². The van der Waals surface area contributed by atoms with Gasteiger partial charge in [-0.05, 0) is 50.6 Å². The van der Waals surface area contributed by atoms with E-state index in [9.17, 15) is 4.79 Å². The number of nitrogens with one attached hydrogen (secondary N) is 1. The Morgan fingerprint density at radius 3 is 2.54 bits per heavy atom. The molecule has 0 spiro atoms. The van der Waals surface area contributed by atoms with Gasteiger partial charge >= 0.3 is 0 Å². The number of piperidine rings is 1. The Bertz CT molecular complexity index is 690. The number of nitrogens with zero attached hydrogens (tertiary/aromatic N) is 3. The maximum atomic E-state index is 12.1. The number of benzene rings is 1. The van der Waals surface area contributed by atoms with Gasteiger partial charge in [0.1, 0.15) is 6.54 Å². The van der Waals surface area contributed by atoms with Crippen LogP contribution in [0.3, 0.4) is 0 Å². The first kappa shape index (κ1) is 17.0. The lowest BCUT2D eigenvalue weighted by molar-refractivity contribution is -0.116. The van der Waals surface area contributed by atoms with Gasteiger partial charge in [0.15, 0.2) is 0 Å². The lowest BCUT2D eigenvalue weighted by Crippen LogP contribution is -2.29. The largest absolute Gasteiger partial charge is 0.324 e. The predicted molar refractivity (Wildman–Crippen MR) is 96.2 cm³/mol. The number of hydrogen-bond acceptors (Lipinski definition) is 3. The second-order valence-corrected chi connectivity index (χ2v) is 6.72. The number of carbonyl (C=O) groups excluding carboxylic acids is 1. The fourth-order valence-corrected chi connectivity index (χ4v) is 3.13. The second kappa shape index (κ2) is 7.81. The third kappa shape index (κ3) is 4.36. The molecule has 128 valence electrons. The van der Waals surface area contributed by atoms with Crippen LogP contribution in [0.15, 0.2) is 30.5 Å². The highest BCUT2D eigenvalue weighted by Gasteiger charge is 2.11. The molecule has 0 aliphatic carbocycles. The molecule has 0 atom stereocenters. The highest BCUT2D eigenvalue weighted by atomic mass is 35.5. The van der Waals surface area contributed by atoms with Crippen LogP contribution in [0, 0.1) is 6.92 Å². The van der Waals surface area contributed by atoms with E-state index in [-0.39, 0.29) is 12.5 Å². The highest BCUT2D eigenvalue weighted by molar-refractivity contribution is 6.31. The number of halogens is 1. The fourth-order valence-electron chi connectivity index (χ4n) is 2.99. The van der Waals surface area contributed by atoms with Crippen molar-refractivity contribution in [3.05, 3.63) is 46.7 Å². The van der Waals surface area contributed by atoms with Crippen molar-refractivity contribution in [2.24, 2.45) is 0 Å². The highest BCUT2D eigenvalue weighted by Crippen LogP contribution is 2.16. The van der Waals surface area contributed by atoms with Crippen LogP contribution >= 0.6 is 11.6 Å². The van der Waals surface area contributed by atoms with Crippen molar-refractivity contribution in [3.63, 3.8) is 0 Å².